The van der Waals surface area contributed by atoms with Crippen LogP contribution in [-0.4, -0.2) is 42.2 Å². The summed E-state index contributed by atoms with van der Waals surface area (Å²) >= 11 is 3.12. The van der Waals surface area contributed by atoms with Crippen LogP contribution in [0.3, 0.4) is 0 Å². The SMILES string of the molecule is CN(C)[C@H](CNC(=O)CSc1nc2ccccc2s1)c1ccccc1. The highest BCUT2D eigenvalue weighted by molar-refractivity contribution is 8.01. The Morgan fingerprint density at radius 2 is 1.88 bits per heavy atom. The standard InChI is InChI=1S/C19H21N3OS2/c1-22(2)16(14-8-4-3-5-9-14)12-20-18(23)13-24-19-21-15-10-6-7-11-17(15)25-19/h3-11,16H,12-13H2,1-2H3,(H,20,23)/t16-/m1/s1. The molecule has 0 spiro atoms. The Hall–Kier alpha value is -1.89. The Balaban J connectivity index is 1.53. The summed E-state index contributed by atoms with van der Waals surface area (Å²) in [5, 5.41) is 3.04. The van der Waals surface area contributed by atoms with Gasteiger partial charge in [-0.15, -0.1) is 11.3 Å². The van der Waals surface area contributed by atoms with Gasteiger partial charge in [0, 0.05) is 6.54 Å². The molecule has 2 aromatic carbocycles. The van der Waals surface area contributed by atoms with E-state index in [2.05, 4.69) is 33.4 Å². The first kappa shape index (κ1) is 17.9. The van der Waals surface area contributed by atoms with Gasteiger partial charge in [0.15, 0.2) is 4.34 Å². The largest absolute Gasteiger partial charge is 0.353 e. The van der Waals surface area contributed by atoms with Crippen LogP contribution < -0.4 is 5.32 Å². The second-order valence-electron chi connectivity index (χ2n) is 5.93. The van der Waals surface area contributed by atoms with Gasteiger partial charge < -0.3 is 10.2 Å². The monoisotopic (exact) mass is 371 g/mol. The zero-order valence-electron chi connectivity index (χ0n) is 14.3. The molecule has 0 aliphatic rings. The van der Waals surface area contributed by atoms with Crippen molar-refractivity contribution < 1.29 is 4.79 Å². The number of benzene rings is 2. The molecule has 0 aliphatic heterocycles. The lowest BCUT2D eigenvalue weighted by Gasteiger charge is -2.25. The van der Waals surface area contributed by atoms with Gasteiger partial charge in [0.1, 0.15) is 0 Å². The molecule has 0 unspecified atom stereocenters. The molecule has 1 aromatic heterocycles. The van der Waals surface area contributed by atoms with Crippen molar-refractivity contribution in [2.45, 2.75) is 10.4 Å². The average molecular weight is 372 g/mol. The van der Waals surface area contributed by atoms with E-state index in [-0.39, 0.29) is 11.9 Å². The number of fused-ring (bicyclic) bond motifs is 1. The molecule has 0 aliphatic carbocycles. The van der Waals surface area contributed by atoms with E-state index in [0.717, 1.165) is 14.6 Å². The quantitative estimate of drug-likeness (QED) is 0.642. The van der Waals surface area contributed by atoms with Gasteiger partial charge >= 0.3 is 0 Å². The topological polar surface area (TPSA) is 45.2 Å². The number of thiazole rings is 1. The normalized spacial score (nSPS) is 12.4. The van der Waals surface area contributed by atoms with Crippen molar-refractivity contribution in [2.24, 2.45) is 0 Å². The van der Waals surface area contributed by atoms with E-state index in [1.807, 2.05) is 50.5 Å². The average Bonchev–Trinajstić information content (AvgIpc) is 3.04. The van der Waals surface area contributed by atoms with E-state index in [0.29, 0.717) is 12.3 Å². The summed E-state index contributed by atoms with van der Waals surface area (Å²) in [6.07, 6.45) is 0. The number of nitrogens with one attached hydrogen (secondary N) is 1. The third-order valence-electron chi connectivity index (χ3n) is 3.90. The number of hydrogen-bond donors (Lipinski definition) is 1. The first-order valence-electron chi connectivity index (χ1n) is 8.10. The highest BCUT2D eigenvalue weighted by Crippen LogP contribution is 2.29. The maximum absolute atomic E-state index is 12.2. The van der Waals surface area contributed by atoms with E-state index in [9.17, 15) is 4.79 Å². The Bertz CT molecular complexity index is 800. The number of para-hydroxylation sites is 1. The molecule has 130 valence electrons. The van der Waals surface area contributed by atoms with Gasteiger partial charge in [-0.1, -0.05) is 54.2 Å². The molecule has 0 saturated carbocycles. The van der Waals surface area contributed by atoms with Crippen molar-refractivity contribution in [1.29, 1.82) is 0 Å². The van der Waals surface area contributed by atoms with Crippen LogP contribution in [0, 0.1) is 0 Å². The number of likely N-dealkylation sites (N-methyl/N-ethyl adjacent to an activating group) is 1. The molecule has 1 amide bonds. The van der Waals surface area contributed by atoms with Gasteiger partial charge in [-0.2, -0.15) is 0 Å². The van der Waals surface area contributed by atoms with Gasteiger partial charge in [0.25, 0.3) is 0 Å². The summed E-state index contributed by atoms with van der Waals surface area (Å²) < 4.78 is 2.09. The molecule has 3 aromatic rings. The molecule has 4 nitrogen and oxygen atoms in total. The third kappa shape index (κ3) is 4.81. The lowest BCUT2D eigenvalue weighted by molar-refractivity contribution is -0.118. The molecule has 0 saturated heterocycles. The highest BCUT2D eigenvalue weighted by atomic mass is 32.2. The summed E-state index contributed by atoms with van der Waals surface area (Å²) in [7, 11) is 4.05. The zero-order chi connectivity index (χ0) is 17.6. The minimum absolute atomic E-state index is 0.0343. The van der Waals surface area contributed by atoms with E-state index < -0.39 is 0 Å². The summed E-state index contributed by atoms with van der Waals surface area (Å²) in [5.74, 6) is 0.418. The van der Waals surface area contributed by atoms with Gasteiger partial charge in [-0.3, -0.25) is 4.79 Å². The minimum Gasteiger partial charge on any atom is -0.353 e. The van der Waals surface area contributed by atoms with Crippen LogP contribution in [0.1, 0.15) is 11.6 Å². The van der Waals surface area contributed by atoms with Gasteiger partial charge in [-0.05, 0) is 31.8 Å². The van der Waals surface area contributed by atoms with E-state index in [1.165, 1.54) is 17.3 Å². The second kappa shape index (κ2) is 8.47. The number of carbonyl (C=O) groups is 1. The van der Waals surface area contributed by atoms with Gasteiger partial charge in [-0.25, -0.2) is 4.98 Å². The highest BCUT2D eigenvalue weighted by Gasteiger charge is 2.15. The van der Waals surface area contributed by atoms with Crippen molar-refractivity contribution in [3.05, 3.63) is 60.2 Å². The first-order chi connectivity index (χ1) is 12.1. The Kier molecular flexibility index (Phi) is 6.07. The number of thioether (sulfide) groups is 1. The molecular formula is C19H21N3OS2. The van der Waals surface area contributed by atoms with Crippen LogP contribution in [0.2, 0.25) is 0 Å². The Morgan fingerprint density at radius 3 is 2.60 bits per heavy atom. The predicted molar refractivity (Wildman–Crippen MR) is 106 cm³/mol. The van der Waals surface area contributed by atoms with Crippen molar-refractivity contribution in [3.8, 4) is 0 Å². The van der Waals surface area contributed by atoms with Crippen LogP contribution in [0.15, 0.2) is 58.9 Å². The van der Waals surface area contributed by atoms with E-state index in [1.54, 1.807) is 11.3 Å². The van der Waals surface area contributed by atoms with E-state index >= 15 is 0 Å². The summed E-state index contributed by atoms with van der Waals surface area (Å²) in [6.45, 7) is 0.594. The maximum Gasteiger partial charge on any atom is 0.230 e. The lowest BCUT2D eigenvalue weighted by atomic mass is 10.1. The molecule has 0 fully saturated rings. The van der Waals surface area contributed by atoms with Gasteiger partial charge in [0.05, 0.1) is 22.0 Å². The summed E-state index contributed by atoms with van der Waals surface area (Å²) in [4.78, 5) is 18.9. The molecule has 1 atom stereocenters. The zero-order valence-corrected chi connectivity index (χ0v) is 15.9. The van der Waals surface area contributed by atoms with Crippen LogP contribution in [0.25, 0.3) is 10.2 Å². The van der Waals surface area contributed by atoms with Crippen LogP contribution in [0.5, 0.6) is 0 Å². The van der Waals surface area contributed by atoms with E-state index in [4.69, 9.17) is 0 Å². The molecule has 1 heterocycles. The fourth-order valence-electron chi connectivity index (χ4n) is 2.58. The summed E-state index contributed by atoms with van der Waals surface area (Å²) in [6, 6.07) is 18.4. The summed E-state index contributed by atoms with van der Waals surface area (Å²) in [5.41, 5.74) is 2.19. The Morgan fingerprint density at radius 1 is 1.16 bits per heavy atom. The van der Waals surface area contributed by atoms with Crippen LogP contribution >= 0.6 is 23.1 Å². The van der Waals surface area contributed by atoms with Crippen LogP contribution in [-0.2, 0) is 4.79 Å². The number of amides is 1. The number of carbonyl (C=O) groups excluding carboxylic acids is 1. The predicted octanol–water partition coefficient (Wildman–Crippen LogP) is 3.81. The second-order valence-corrected chi connectivity index (χ2v) is 8.18. The molecular weight excluding hydrogens is 350 g/mol. The fourth-order valence-corrected chi connectivity index (χ4v) is 4.47. The van der Waals surface area contributed by atoms with Crippen molar-refractivity contribution in [1.82, 2.24) is 15.2 Å². The lowest BCUT2D eigenvalue weighted by Crippen LogP contribution is -2.35. The molecule has 0 radical (unpaired) electrons. The van der Waals surface area contributed by atoms with Crippen molar-refractivity contribution >= 4 is 39.2 Å². The number of nitrogens with zero attached hydrogens (tertiary/aromatic N) is 2. The van der Waals surface area contributed by atoms with Crippen LogP contribution in [0.4, 0.5) is 0 Å². The van der Waals surface area contributed by atoms with Crippen molar-refractivity contribution in [2.75, 3.05) is 26.4 Å². The number of aromatic nitrogens is 1. The first-order valence-corrected chi connectivity index (χ1v) is 9.90. The minimum atomic E-state index is 0.0343. The maximum atomic E-state index is 12.2. The van der Waals surface area contributed by atoms with Gasteiger partial charge in [0.2, 0.25) is 5.91 Å². The number of rotatable bonds is 7. The third-order valence-corrected chi connectivity index (χ3v) is 6.08. The smallest absolute Gasteiger partial charge is 0.230 e. The fraction of sp³-hybridized carbons (Fsp3) is 0.263. The molecule has 3 rings (SSSR count). The number of hydrogen-bond acceptors (Lipinski definition) is 5. The molecule has 1 N–H and O–H groups in total. The van der Waals surface area contributed by atoms with Crippen molar-refractivity contribution in [3.63, 3.8) is 0 Å². The Labute approximate surface area is 156 Å². The molecule has 6 heteroatoms. The molecule has 0 bridgehead atoms. The molecule has 25 heavy (non-hydrogen) atoms.